The number of pyridine rings is 1. The molecule has 2 aromatic heterocycles. The molecule has 5 heterocycles. The number of urea groups is 1. The lowest BCUT2D eigenvalue weighted by Crippen LogP contribution is -2.66. The first-order valence-corrected chi connectivity index (χ1v) is 10.3. The van der Waals surface area contributed by atoms with Crippen molar-refractivity contribution in [2.45, 2.75) is 18.4 Å². The first kappa shape index (κ1) is 17.4. The summed E-state index contributed by atoms with van der Waals surface area (Å²) < 4.78 is 2.08. The molecule has 8 heteroatoms. The third-order valence-electron chi connectivity index (χ3n) is 6.82. The van der Waals surface area contributed by atoms with Crippen molar-refractivity contribution in [2.75, 3.05) is 26.2 Å². The van der Waals surface area contributed by atoms with Crippen LogP contribution < -0.4 is 5.73 Å². The maximum Gasteiger partial charge on any atom is 0.320 e. The van der Waals surface area contributed by atoms with Crippen LogP contribution in [0.1, 0.15) is 12.1 Å². The number of aromatic nitrogens is 3. The smallest absolute Gasteiger partial charge is 0.320 e. The number of para-hydroxylation sites is 1. The van der Waals surface area contributed by atoms with Crippen LogP contribution in [0.15, 0.2) is 42.6 Å². The molecule has 3 aromatic rings. The predicted octanol–water partition coefficient (Wildman–Crippen LogP) is 1.59. The Kier molecular flexibility index (Phi) is 3.51. The SMILES string of the molecule is NC(=O)C1CN(C(=O)N2CC3(CCn4nc(-c5cnc6ccccc6c5)cc43)C2)C1. The fraction of sp³-hybridized carbons (Fsp3) is 0.364. The van der Waals surface area contributed by atoms with Crippen molar-refractivity contribution < 1.29 is 9.59 Å². The van der Waals surface area contributed by atoms with Gasteiger partial charge in [0.15, 0.2) is 0 Å². The van der Waals surface area contributed by atoms with Crippen LogP contribution >= 0.6 is 0 Å². The molecular formula is C22H22N6O2. The van der Waals surface area contributed by atoms with Crippen molar-refractivity contribution in [1.82, 2.24) is 24.6 Å². The first-order chi connectivity index (χ1) is 14.5. The second-order valence-electron chi connectivity index (χ2n) is 8.73. The molecule has 3 aliphatic heterocycles. The van der Waals surface area contributed by atoms with Gasteiger partial charge in [0.1, 0.15) is 0 Å². The van der Waals surface area contributed by atoms with Gasteiger partial charge in [-0.05, 0) is 24.6 Å². The second kappa shape index (κ2) is 6.04. The minimum Gasteiger partial charge on any atom is -0.369 e. The van der Waals surface area contributed by atoms with Crippen molar-refractivity contribution in [3.63, 3.8) is 0 Å². The van der Waals surface area contributed by atoms with E-state index in [9.17, 15) is 9.59 Å². The van der Waals surface area contributed by atoms with E-state index in [-0.39, 0.29) is 23.3 Å². The Bertz CT molecular complexity index is 1190. The number of amides is 3. The van der Waals surface area contributed by atoms with E-state index < -0.39 is 0 Å². The van der Waals surface area contributed by atoms with E-state index >= 15 is 0 Å². The molecular weight excluding hydrogens is 380 g/mol. The molecule has 3 amide bonds. The lowest BCUT2D eigenvalue weighted by molar-refractivity contribution is -0.125. The van der Waals surface area contributed by atoms with Crippen molar-refractivity contribution in [1.29, 1.82) is 0 Å². The van der Waals surface area contributed by atoms with Gasteiger partial charge in [-0.25, -0.2) is 4.79 Å². The predicted molar refractivity (Wildman–Crippen MR) is 110 cm³/mol. The molecule has 2 saturated heterocycles. The number of fused-ring (bicyclic) bond motifs is 3. The summed E-state index contributed by atoms with van der Waals surface area (Å²) in [6.07, 6.45) is 2.88. The molecule has 0 radical (unpaired) electrons. The Morgan fingerprint density at radius 3 is 2.70 bits per heavy atom. The molecule has 0 saturated carbocycles. The number of hydrogen-bond donors (Lipinski definition) is 1. The van der Waals surface area contributed by atoms with Crippen molar-refractivity contribution in [3.05, 3.63) is 48.3 Å². The fourth-order valence-corrected chi connectivity index (χ4v) is 4.97. The van der Waals surface area contributed by atoms with Crippen LogP contribution in [-0.4, -0.2) is 62.7 Å². The summed E-state index contributed by atoms with van der Waals surface area (Å²) in [5.74, 6) is -0.523. The average Bonchev–Trinajstić information content (AvgIpc) is 3.24. The zero-order valence-corrected chi connectivity index (χ0v) is 16.5. The zero-order valence-electron chi connectivity index (χ0n) is 16.5. The minimum atomic E-state index is -0.325. The number of primary amides is 1. The summed E-state index contributed by atoms with van der Waals surface area (Å²) in [6.45, 7) is 3.14. The van der Waals surface area contributed by atoms with E-state index in [0.717, 1.165) is 35.1 Å². The van der Waals surface area contributed by atoms with E-state index in [1.54, 1.807) is 4.90 Å². The highest BCUT2D eigenvalue weighted by molar-refractivity contribution is 5.84. The Hall–Kier alpha value is -3.42. The number of benzene rings is 1. The van der Waals surface area contributed by atoms with E-state index in [0.29, 0.717) is 26.2 Å². The van der Waals surface area contributed by atoms with Crippen molar-refractivity contribution in [3.8, 4) is 11.3 Å². The number of hydrogen-bond acceptors (Lipinski definition) is 4. The molecule has 0 unspecified atom stereocenters. The fourth-order valence-electron chi connectivity index (χ4n) is 4.97. The van der Waals surface area contributed by atoms with Gasteiger partial charge in [-0.2, -0.15) is 5.10 Å². The number of carbonyl (C=O) groups excluding carboxylic acids is 2. The maximum absolute atomic E-state index is 12.6. The molecule has 2 N–H and O–H groups in total. The highest BCUT2D eigenvalue weighted by atomic mass is 16.2. The van der Waals surface area contributed by atoms with Gasteiger partial charge in [0.05, 0.1) is 17.1 Å². The largest absolute Gasteiger partial charge is 0.369 e. The van der Waals surface area contributed by atoms with Gasteiger partial charge < -0.3 is 15.5 Å². The molecule has 152 valence electrons. The van der Waals surface area contributed by atoms with Gasteiger partial charge in [-0.1, -0.05) is 18.2 Å². The topological polar surface area (TPSA) is 97.3 Å². The van der Waals surface area contributed by atoms with Crippen LogP contribution in [0.2, 0.25) is 0 Å². The van der Waals surface area contributed by atoms with Gasteiger partial charge >= 0.3 is 6.03 Å². The Morgan fingerprint density at radius 2 is 1.90 bits per heavy atom. The molecule has 8 nitrogen and oxygen atoms in total. The van der Waals surface area contributed by atoms with Crippen molar-refractivity contribution in [2.24, 2.45) is 11.7 Å². The average molecular weight is 402 g/mol. The van der Waals surface area contributed by atoms with Gasteiger partial charge in [0, 0.05) is 61.0 Å². The quantitative estimate of drug-likeness (QED) is 0.704. The standard InChI is InChI=1S/C22H22N6O2/c23-20(29)16-10-26(11-16)21(30)27-12-22(13-27)5-6-28-19(22)8-18(25-28)15-7-14-3-1-2-4-17(14)24-9-15/h1-4,7-9,16H,5-6,10-13H2,(H2,23,29). The number of carbonyl (C=O) groups is 2. The molecule has 2 fully saturated rings. The van der Waals surface area contributed by atoms with Gasteiger partial charge in [0.25, 0.3) is 0 Å². The number of nitrogens with zero attached hydrogens (tertiary/aromatic N) is 5. The monoisotopic (exact) mass is 402 g/mol. The molecule has 0 atom stereocenters. The number of rotatable bonds is 2. The highest BCUT2D eigenvalue weighted by Gasteiger charge is 2.53. The van der Waals surface area contributed by atoms with E-state index in [1.165, 1.54) is 5.69 Å². The molecule has 0 bridgehead atoms. The van der Waals surface area contributed by atoms with Crippen LogP contribution in [0.4, 0.5) is 4.79 Å². The normalized spacial score (nSPS) is 19.6. The Labute approximate surface area is 173 Å². The Balaban J connectivity index is 1.20. The van der Waals surface area contributed by atoms with Crippen LogP contribution in [-0.2, 0) is 16.8 Å². The summed E-state index contributed by atoms with van der Waals surface area (Å²) in [6, 6.07) is 12.4. The van der Waals surface area contributed by atoms with E-state index in [1.807, 2.05) is 29.3 Å². The molecule has 30 heavy (non-hydrogen) atoms. The summed E-state index contributed by atoms with van der Waals surface area (Å²) in [7, 11) is 0. The second-order valence-corrected chi connectivity index (χ2v) is 8.73. The highest BCUT2D eigenvalue weighted by Crippen LogP contribution is 2.44. The molecule has 1 spiro atoms. The van der Waals surface area contributed by atoms with Crippen LogP contribution in [0.5, 0.6) is 0 Å². The number of likely N-dealkylation sites (tertiary alicyclic amines) is 2. The summed E-state index contributed by atoms with van der Waals surface area (Å²) >= 11 is 0. The van der Waals surface area contributed by atoms with Gasteiger partial charge in [-0.15, -0.1) is 0 Å². The molecule has 3 aliphatic rings. The van der Waals surface area contributed by atoms with Crippen LogP contribution in [0.3, 0.4) is 0 Å². The molecule has 1 aromatic carbocycles. The Morgan fingerprint density at radius 1 is 1.10 bits per heavy atom. The third kappa shape index (κ3) is 2.46. The summed E-state index contributed by atoms with van der Waals surface area (Å²) in [5, 5.41) is 5.92. The first-order valence-electron chi connectivity index (χ1n) is 10.3. The van der Waals surface area contributed by atoms with E-state index in [2.05, 4.69) is 27.9 Å². The van der Waals surface area contributed by atoms with Crippen LogP contribution in [0.25, 0.3) is 22.2 Å². The summed E-state index contributed by atoms with van der Waals surface area (Å²) in [5.41, 5.74) is 9.41. The third-order valence-corrected chi connectivity index (χ3v) is 6.82. The lowest BCUT2D eigenvalue weighted by Gasteiger charge is -2.51. The molecule has 0 aliphatic carbocycles. The number of nitrogens with two attached hydrogens (primary N) is 1. The van der Waals surface area contributed by atoms with E-state index in [4.69, 9.17) is 10.8 Å². The minimum absolute atomic E-state index is 0.00930. The van der Waals surface area contributed by atoms with Gasteiger partial charge in [-0.3, -0.25) is 14.5 Å². The molecule has 6 rings (SSSR count). The maximum atomic E-state index is 12.6. The van der Waals surface area contributed by atoms with Crippen molar-refractivity contribution >= 4 is 22.8 Å². The lowest BCUT2D eigenvalue weighted by atomic mass is 9.76. The number of aryl methyl sites for hydroxylation is 1. The zero-order chi connectivity index (χ0) is 20.5. The summed E-state index contributed by atoms with van der Waals surface area (Å²) in [4.78, 5) is 32.0. The van der Waals surface area contributed by atoms with Crippen LogP contribution in [0, 0.1) is 5.92 Å². The van der Waals surface area contributed by atoms with Gasteiger partial charge in [0.2, 0.25) is 5.91 Å².